The lowest BCUT2D eigenvalue weighted by molar-refractivity contribution is -0.152. The third-order valence-electron chi connectivity index (χ3n) is 4.60. The van der Waals surface area contributed by atoms with Gasteiger partial charge >= 0.3 is 5.97 Å². The molecule has 0 spiro atoms. The Kier molecular flexibility index (Phi) is 7.31. The van der Waals surface area contributed by atoms with E-state index in [1.165, 1.54) is 13.8 Å². The van der Waals surface area contributed by atoms with E-state index in [0.29, 0.717) is 17.2 Å². The second-order valence-electron chi connectivity index (χ2n) is 7.66. The largest absolute Gasteiger partial charge is 0.452 e. The van der Waals surface area contributed by atoms with Crippen LogP contribution < -0.4 is 5.32 Å². The SMILES string of the molecule is CC(=O)c1cccc(NC(=O)C(C)OC(=O)Cc2c(C)nn(CC(C)C)c2C)c1. The number of nitrogens with zero attached hydrogens (tertiary/aromatic N) is 2. The molecule has 0 saturated carbocycles. The molecule has 0 fully saturated rings. The molecule has 1 heterocycles. The van der Waals surface area contributed by atoms with Gasteiger partial charge in [-0.15, -0.1) is 0 Å². The first-order chi connectivity index (χ1) is 13.6. The summed E-state index contributed by atoms with van der Waals surface area (Å²) in [6, 6.07) is 6.62. The second-order valence-corrected chi connectivity index (χ2v) is 7.66. The third kappa shape index (κ3) is 6.01. The van der Waals surface area contributed by atoms with E-state index in [2.05, 4.69) is 24.3 Å². The van der Waals surface area contributed by atoms with E-state index in [1.54, 1.807) is 24.3 Å². The van der Waals surface area contributed by atoms with Gasteiger partial charge in [0.05, 0.1) is 12.1 Å². The molecule has 0 aliphatic carbocycles. The average Bonchev–Trinajstić information content (AvgIpc) is 2.88. The Bertz CT molecular complexity index is 915. The van der Waals surface area contributed by atoms with Crippen LogP contribution in [0.4, 0.5) is 5.69 Å². The number of anilines is 1. The summed E-state index contributed by atoms with van der Waals surface area (Å²) in [5.74, 6) is -0.592. The van der Waals surface area contributed by atoms with Crippen LogP contribution >= 0.6 is 0 Å². The molecule has 0 saturated heterocycles. The number of hydrogen-bond donors (Lipinski definition) is 1. The van der Waals surface area contributed by atoms with E-state index in [0.717, 1.165) is 23.5 Å². The smallest absolute Gasteiger partial charge is 0.311 e. The summed E-state index contributed by atoms with van der Waals surface area (Å²) in [7, 11) is 0. The highest BCUT2D eigenvalue weighted by atomic mass is 16.5. The Hall–Kier alpha value is -2.96. The van der Waals surface area contributed by atoms with Gasteiger partial charge in [-0.05, 0) is 45.7 Å². The number of aryl methyl sites for hydroxylation is 1. The Labute approximate surface area is 171 Å². The van der Waals surface area contributed by atoms with Gasteiger partial charge in [0.15, 0.2) is 11.9 Å². The van der Waals surface area contributed by atoms with Crippen molar-refractivity contribution >= 4 is 23.3 Å². The Morgan fingerprint density at radius 3 is 2.48 bits per heavy atom. The number of aromatic nitrogens is 2. The zero-order valence-corrected chi connectivity index (χ0v) is 17.9. The highest BCUT2D eigenvalue weighted by Gasteiger charge is 2.21. The standard InChI is InChI=1S/C22H29N3O4/c1-13(2)12-25-15(4)20(14(3)24-25)11-21(27)29-17(6)22(28)23-19-9-7-8-18(10-19)16(5)26/h7-10,13,17H,11-12H2,1-6H3,(H,23,28). The molecule has 1 aromatic heterocycles. The first kappa shape index (κ1) is 22.3. The number of esters is 1. The first-order valence-corrected chi connectivity index (χ1v) is 9.72. The molecule has 7 nitrogen and oxygen atoms in total. The normalized spacial score (nSPS) is 12.0. The van der Waals surface area contributed by atoms with Crippen molar-refractivity contribution in [2.24, 2.45) is 5.92 Å². The zero-order valence-electron chi connectivity index (χ0n) is 17.9. The molecule has 7 heteroatoms. The van der Waals surface area contributed by atoms with Gasteiger partial charge in [-0.1, -0.05) is 26.0 Å². The molecule has 156 valence electrons. The predicted molar refractivity (Wildman–Crippen MR) is 111 cm³/mol. The minimum Gasteiger partial charge on any atom is -0.452 e. The lowest BCUT2D eigenvalue weighted by Gasteiger charge is -2.14. The number of ether oxygens (including phenoxy) is 1. The number of benzene rings is 1. The molecule has 1 atom stereocenters. The molecule has 1 aromatic carbocycles. The van der Waals surface area contributed by atoms with Crippen LogP contribution in [0.15, 0.2) is 24.3 Å². The summed E-state index contributed by atoms with van der Waals surface area (Å²) in [4.78, 5) is 36.2. The van der Waals surface area contributed by atoms with Crippen LogP contribution in [0.5, 0.6) is 0 Å². The van der Waals surface area contributed by atoms with Gasteiger partial charge in [0.2, 0.25) is 0 Å². The molecule has 1 N–H and O–H groups in total. The quantitative estimate of drug-likeness (QED) is 0.542. The van der Waals surface area contributed by atoms with Gasteiger partial charge in [0.25, 0.3) is 5.91 Å². The van der Waals surface area contributed by atoms with Crippen molar-refractivity contribution in [2.75, 3.05) is 5.32 Å². The highest BCUT2D eigenvalue weighted by Crippen LogP contribution is 2.17. The van der Waals surface area contributed by atoms with Gasteiger partial charge in [0, 0.05) is 29.1 Å². The van der Waals surface area contributed by atoms with E-state index < -0.39 is 18.0 Å². The molecule has 0 bridgehead atoms. The van der Waals surface area contributed by atoms with Crippen molar-refractivity contribution in [3.8, 4) is 0 Å². The highest BCUT2D eigenvalue weighted by molar-refractivity contribution is 5.98. The second kappa shape index (κ2) is 9.49. The molecule has 29 heavy (non-hydrogen) atoms. The minimum absolute atomic E-state index is 0.0627. The van der Waals surface area contributed by atoms with Gasteiger partial charge in [-0.2, -0.15) is 5.10 Å². The fraction of sp³-hybridized carbons (Fsp3) is 0.455. The number of hydrogen-bond acceptors (Lipinski definition) is 5. The lowest BCUT2D eigenvalue weighted by atomic mass is 10.1. The number of Topliss-reactive ketones (excluding diaryl/α,β-unsaturated/α-hetero) is 1. The number of rotatable bonds is 8. The first-order valence-electron chi connectivity index (χ1n) is 9.72. The maximum atomic E-state index is 12.4. The molecule has 0 aliphatic heterocycles. The minimum atomic E-state index is -0.963. The van der Waals surface area contributed by atoms with E-state index in [9.17, 15) is 14.4 Å². The monoisotopic (exact) mass is 399 g/mol. The van der Waals surface area contributed by atoms with Crippen molar-refractivity contribution in [1.29, 1.82) is 0 Å². The topological polar surface area (TPSA) is 90.3 Å². The molecule has 1 amide bonds. The van der Waals surface area contributed by atoms with Crippen LogP contribution in [-0.4, -0.2) is 33.5 Å². The predicted octanol–water partition coefficient (Wildman–Crippen LogP) is 3.47. The van der Waals surface area contributed by atoms with Crippen LogP contribution in [0.25, 0.3) is 0 Å². The van der Waals surface area contributed by atoms with Gasteiger partial charge in [-0.25, -0.2) is 0 Å². The molecular formula is C22H29N3O4. The van der Waals surface area contributed by atoms with Crippen LogP contribution in [0.2, 0.25) is 0 Å². The van der Waals surface area contributed by atoms with Crippen molar-refractivity contribution < 1.29 is 19.1 Å². The number of amides is 1. The van der Waals surface area contributed by atoms with E-state index in [4.69, 9.17) is 4.74 Å². The van der Waals surface area contributed by atoms with Crippen molar-refractivity contribution in [3.63, 3.8) is 0 Å². The maximum absolute atomic E-state index is 12.4. The van der Waals surface area contributed by atoms with Gasteiger partial charge in [0.1, 0.15) is 0 Å². The average molecular weight is 399 g/mol. The lowest BCUT2D eigenvalue weighted by Crippen LogP contribution is -2.30. The molecule has 1 unspecified atom stereocenters. The van der Waals surface area contributed by atoms with E-state index in [1.807, 2.05) is 18.5 Å². The molecule has 0 radical (unpaired) electrons. The number of nitrogens with one attached hydrogen (secondary N) is 1. The zero-order chi connectivity index (χ0) is 21.7. The summed E-state index contributed by atoms with van der Waals surface area (Å²) in [5.41, 5.74) is 3.53. The molecule has 2 aromatic rings. The summed E-state index contributed by atoms with van der Waals surface area (Å²) >= 11 is 0. The number of carbonyl (C=O) groups is 3. The van der Waals surface area contributed by atoms with Crippen molar-refractivity contribution in [1.82, 2.24) is 9.78 Å². The molecule has 2 rings (SSSR count). The van der Waals surface area contributed by atoms with Gasteiger partial charge in [-0.3, -0.25) is 19.1 Å². The van der Waals surface area contributed by atoms with E-state index >= 15 is 0 Å². The number of ketones is 1. The van der Waals surface area contributed by atoms with Crippen LogP contribution in [-0.2, 0) is 27.3 Å². The Morgan fingerprint density at radius 2 is 1.86 bits per heavy atom. The summed E-state index contributed by atoms with van der Waals surface area (Å²) in [5, 5.41) is 7.17. The third-order valence-corrected chi connectivity index (χ3v) is 4.60. The Balaban J connectivity index is 1.98. The van der Waals surface area contributed by atoms with Crippen molar-refractivity contribution in [2.45, 2.75) is 60.6 Å². The van der Waals surface area contributed by atoms with Crippen LogP contribution in [0, 0.1) is 19.8 Å². The summed E-state index contributed by atoms with van der Waals surface area (Å²) in [6.45, 7) is 11.8. The maximum Gasteiger partial charge on any atom is 0.311 e. The molecular weight excluding hydrogens is 370 g/mol. The van der Waals surface area contributed by atoms with E-state index in [-0.39, 0.29) is 12.2 Å². The van der Waals surface area contributed by atoms with Gasteiger partial charge < -0.3 is 10.1 Å². The fourth-order valence-corrected chi connectivity index (χ4v) is 3.01. The molecule has 0 aliphatic rings. The van der Waals surface area contributed by atoms with Crippen LogP contribution in [0.1, 0.15) is 55.0 Å². The summed E-state index contributed by atoms with van der Waals surface area (Å²) in [6.07, 6.45) is -0.900. The fourth-order valence-electron chi connectivity index (χ4n) is 3.01. The summed E-state index contributed by atoms with van der Waals surface area (Å²) < 4.78 is 7.21. The van der Waals surface area contributed by atoms with Crippen molar-refractivity contribution in [3.05, 3.63) is 46.8 Å². The van der Waals surface area contributed by atoms with Crippen LogP contribution in [0.3, 0.4) is 0 Å². The number of carbonyl (C=O) groups excluding carboxylic acids is 3. The Morgan fingerprint density at radius 1 is 1.17 bits per heavy atom.